The van der Waals surface area contributed by atoms with E-state index in [9.17, 15) is 4.79 Å². The summed E-state index contributed by atoms with van der Waals surface area (Å²) in [5.41, 5.74) is 3.75. The highest BCUT2D eigenvalue weighted by Gasteiger charge is 2.17. The van der Waals surface area contributed by atoms with Crippen molar-refractivity contribution in [2.24, 2.45) is 0 Å². The van der Waals surface area contributed by atoms with E-state index in [1.54, 1.807) is 0 Å². The van der Waals surface area contributed by atoms with E-state index in [1.165, 1.54) is 7.11 Å². The van der Waals surface area contributed by atoms with E-state index in [1.807, 2.05) is 10.7 Å². The standard InChI is InChI=1S/C10H16N4O2/c1-13-4-3-5-14-8(7-13)6-9(11-14)10(15)12-16-2/h6H,3-5,7H2,1-2H3,(H,12,15). The quantitative estimate of drug-likeness (QED) is 0.719. The normalized spacial score (nSPS) is 16.6. The fourth-order valence-electron chi connectivity index (χ4n) is 1.88. The number of nitrogens with one attached hydrogen (secondary N) is 1. The molecule has 0 spiro atoms. The Hall–Kier alpha value is -1.40. The van der Waals surface area contributed by atoms with Crippen molar-refractivity contribution in [3.63, 3.8) is 0 Å². The molecular formula is C10H16N4O2. The molecule has 1 amide bonds. The van der Waals surface area contributed by atoms with Gasteiger partial charge in [-0.05, 0) is 19.5 Å². The Morgan fingerprint density at radius 3 is 3.12 bits per heavy atom. The molecule has 0 unspecified atom stereocenters. The summed E-state index contributed by atoms with van der Waals surface area (Å²) < 4.78 is 1.90. The van der Waals surface area contributed by atoms with Crippen LogP contribution in [0.5, 0.6) is 0 Å². The summed E-state index contributed by atoms with van der Waals surface area (Å²) in [5.74, 6) is -0.300. The summed E-state index contributed by atoms with van der Waals surface area (Å²) in [6, 6.07) is 1.82. The van der Waals surface area contributed by atoms with Crippen LogP contribution in [0.1, 0.15) is 22.6 Å². The number of carbonyl (C=O) groups excluding carboxylic acids is 1. The molecule has 0 aromatic carbocycles. The van der Waals surface area contributed by atoms with Crippen molar-refractivity contribution in [2.45, 2.75) is 19.5 Å². The van der Waals surface area contributed by atoms with E-state index in [0.29, 0.717) is 5.69 Å². The van der Waals surface area contributed by atoms with Crippen molar-refractivity contribution < 1.29 is 9.63 Å². The first-order chi connectivity index (χ1) is 7.70. The first kappa shape index (κ1) is 11.1. The minimum Gasteiger partial charge on any atom is -0.300 e. The molecule has 1 aliphatic heterocycles. The minimum absolute atomic E-state index is 0.300. The fraction of sp³-hybridized carbons (Fsp3) is 0.600. The molecular weight excluding hydrogens is 208 g/mol. The lowest BCUT2D eigenvalue weighted by Crippen LogP contribution is -2.22. The maximum absolute atomic E-state index is 11.5. The molecule has 1 aromatic rings. The monoisotopic (exact) mass is 224 g/mol. The van der Waals surface area contributed by atoms with Crippen molar-refractivity contribution in [2.75, 3.05) is 20.7 Å². The SMILES string of the molecule is CONC(=O)c1cc2n(n1)CCCN(C)C2. The topological polar surface area (TPSA) is 59.4 Å². The largest absolute Gasteiger partial charge is 0.300 e. The van der Waals surface area contributed by atoms with Crippen LogP contribution in [0.25, 0.3) is 0 Å². The number of hydrogen-bond acceptors (Lipinski definition) is 4. The summed E-state index contributed by atoms with van der Waals surface area (Å²) in [5, 5.41) is 4.26. The zero-order valence-corrected chi connectivity index (χ0v) is 9.56. The van der Waals surface area contributed by atoms with E-state index in [2.05, 4.69) is 27.4 Å². The number of aryl methyl sites for hydroxylation is 1. The van der Waals surface area contributed by atoms with Gasteiger partial charge >= 0.3 is 0 Å². The minimum atomic E-state index is -0.300. The van der Waals surface area contributed by atoms with Gasteiger partial charge in [-0.1, -0.05) is 0 Å². The van der Waals surface area contributed by atoms with Gasteiger partial charge in [0.05, 0.1) is 12.8 Å². The van der Waals surface area contributed by atoms with E-state index < -0.39 is 0 Å². The lowest BCUT2D eigenvalue weighted by Gasteiger charge is -2.10. The van der Waals surface area contributed by atoms with Crippen molar-refractivity contribution in [1.29, 1.82) is 0 Å². The third-order valence-electron chi connectivity index (χ3n) is 2.63. The third-order valence-corrected chi connectivity index (χ3v) is 2.63. The van der Waals surface area contributed by atoms with E-state index in [-0.39, 0.29) is 5.91 Å². The highest BCUT2D eigenvalue weighted by molar-refractivity contribution is 5.91. The first-order valence-electron chi connectivity index (χ1n) is 5.29. The average Bonchev–Trinajstić information content (AvgIpc) is 2.54. The summed E-state index contributed by atoms with van der Waals surface area (Å²) in [4.78, 5) is 18.3. The Kier molecular flexibility index (Phi) is 3.21. The van der Waals surface area contributed by atoms with E-state index in [0.717, 1.165) is 31.7 Å². The van der Waals surface area contributed by atoms with Crippen LogP contribution in [-0.2, 0) is 17.9 Å². The molecule has 0 atom stereocenters. The Bertz CT molecular complexity index is 388. The Morgan fingerprint density at radius 1 is 1.56 bits per heavy atom. The maximum Gasteiger partial charge on any atom is 0.295 e. The Morgan fingerprint density at radius 2 is 2.38 bits per heavy atom. The number of hydroxylamine groups is 1. The Balaban J connectivity index is 2.19. The summed E-state index contributed by atoms with van der Waals surface area (Å²) in [6.07, 6.45) is 1.05. The van der Waals surface area contributed by atoms with Gasteiger partial charge in [-0.2, -0.15) is 5.10 Å². The maximum atomic E-state index is 11.5. The lowest BCUT2D eigenvalue weighted by molar-refractivity contribution is 0.0531. The lowest BCUT2D eigenvalue weighted by atomic mass is 10.3. The Labute approximate surface area is 94.1 Å². The molecule has 1 aliphatic rings. The number of fused-ring (bicyclic) bond motifs is 1. The number of nitrogens with zero attached hydrogens (tertiary/aromatic N) is 3. The molecule has 6 nitrogen and oxygen atoms in total. The molecule has 2 heterocycles. The molecule has 2 rings (SSSR count). The third kappa shape index (κ3) is 2.23. The molecule has 0 fully saturated rings. The molecule has 0 aliphatic carbocycles. The highest BCUT2D eigenvalue weighted by Crippen LogP contribution is 2.12. The summed E-state index contributed by atoms with van der Waals surface area (Å²) >= 11 is 0. The van der Waals surface area contributed by atoms with Crippen molar-refractivity contribution >= 4 is 5.91 Å². The molecule has 16 heavy (non-hydrogen) atoms. The van der Waals surface area contributed by atoms with Gasteiger partial charge in [-0.15, -0.1) is 0 Å². The second-order valence-corrected chi connectivity index (χ2v) is 3.97. The second kappa shape index (κ2) is 4.63. The highest BCUT2D eigenvalue weighted by atomic mass is 16.6. The number of rotatable bonds is 2. The van der Waals surface area contributed by atoms with Crippen LogP contribution < -0.4 is 5.48 Å². The van der Waals surface area contributed by atoms with Crippen LogP contribution in [0.4, 0.5) is 0 Å². The van der Waals surface area contributed by atoms with Crippen LogP contribution in [0, 0.1) is 0 Å². The molecule has 1 aromatic heterocycles. The molecule has 6 heteroatoms. The molecule has 1 N–H and O–H groups in total. The van der Waals surface area contributed by atoms with Gasteiger partial charge in [-0.3, -0.25) is 14.3 Å². The predicted molar refractivity (Wildman–Crippen MR) is 57.7 cm³/mol. The van der Waals surface area contributed by atoms with Gasteiger partial charge in [0.25, 0.3) is 5.91 Å². The van der Waals surface area contributed by atoms with Gasteiger partial charge in [0, 0.05) is 19.6 Å². The fourth-order valence-corrected chi connectivity index (χ4v) is 1.88. The number of carbonyl (C=O) groups is 1. The van der Waals surface area contributed by atoms with Gasteiger partial charge in [0.2, 0.25) is 0 Å². The summed E-state index contributed by atoms with van der Waals surface area (Å²) in [7, 11) is 3.48. The van der Waals surface area contributed by atoms with Gasteiger partial charge in [-0.25, -0.2) is 5.48 Å². The predicted octanol–water partition coefficient (Wildman–Crippen LogP) is 0.00980. The van der Waals surface area contributed by atoms with Crippen LogP contribution in [0.15, 0.2) is 6.07 Å². The van der Waals surface area contributed by atoms with Crippen LogP contribution in [-0.4, -0.2) is 41.3 Å². The number of hydrogen-bond donors (Lipinski definition) is 1. The number of amides is 1. The van der Waals surface area contributed by atoms with Crippen molar-refractivity contribution in [1.82, 2.24) is 20.2 Å². The number of aromatic nitrogens is 2. The molecule has 88 valence electrons. The van der Waals surface area contributed by atoms with Crippen molar-refractivity contribution in [3.8, 4) is 0 Å². The second-order valence-electron chi connectivity index (χ2n) is 3.97. The van der Waals surface area contributed by atoms with Crippen molar-refractivity contribution in [3.05, 3.63) is 17.5 Å². The zero-order valence-electron chi connectivity index (χ0n) is 9.56. The molecule has 0 radical (unpaired) electrons. The average molecular weight is 224 g/mol. The van der Waals surface area contributed by atoms with E-state index in [4.69, 9.17) is 0 Å². The van der Waals surface area contributed by atoms with Crippen LogP contribution >= 0.6 is 0 Å². The van der Waals surface area contributed by atoms with Crippen LogP contribution in [0.2, 0.25) is 0 Å². The first-order valence-corrected chi connectivity index (χ1v) is 5.29. The summed E-state index contributed by atoms with van der Waals surface area (Å²) in [6.45, 7) is 2.75. The molecule has 0 saturated heterocycles. The molecule has 0 saturated carbocycles. The van der Waals surface area contributed by atoms with Crippen LogP contribution in [0.3, 0.4) is 0 Å². The zero-order chi connectivity index (χ0) is 11.5. The smallest absolute Gasteiger partial charge is 0.295 e. The van der Waals surface area contributed by atoms with Gasteiger partial charge < -0.3 is 4.90 Å². The van der Waals surface area contributed by atoms with Gasteiger partial charge in [0.15, 0.2) is 5.69 Å². The van der Waals surface area contributed by atoms with E-state index >= 15 is 0 Å². The van der Waals surface area contributed by atoms with Gasteiger partial charge in [0.1, 0.15) is 0 Å². The molecule has 0 bridgehead atoms.